The summed E-state index contributed by atoms with van der Waals surface area (Å²) in [6.07, 6.45) is 0.959. The number of ether oxygens (including phenoxy) is 2. The molecule has 0 amide bonds. The lowest BCUT2D eigenvalue weighted by atomic mass is 10.2. The zero-order chi connectivity index (χ0) is 17.9. The van der Waals surface area contributed by atoms with Gasteiger partial charge in [-0.05, 0) is 12.5 Å². The molecular weight excluding hydrogens is 350 g/mol. The average Bonchev–Trinajstić information content (AvgIpc) is 2.63. The molecule has 0 aliphatic carbocycles. The molecule has 10 heteroatoms. The van der Waals surface area contributed by atoms with Crippen LogP contribution in [0.5, 0.6) is 0 Å². The van der Waals surface area contributed by atoms with E-state index in [1.807, 2.05) is 0 Å². The minimum atomic E-state index is -3.72. The van der Waals surface area contributed by atoms with Crippen LogP contribution in [0.1, 0.15) is 6.42 Å². The van der Waals surface area contributed by atoms with Crippen LogP contribution in [0.3, 0.4) is 0 Å². The predicted octanol–water partition coefficient (Wildman–Crippen LogP) is 0.664. The topological polar surface area (TPSA) is 102 Å². The monoisotopic (exact) mass is 371 g/mol. The second-order valence-electron chi connectivity index (χ2n) is 6.06. The molecule has 3 rings (SSSR count). The molecular formula is C15H21N3O6S. The van der Waals surface area contributed by atoms with Gasteiger partial charge in [-0.2, -0.15) is 4.31 Å². The molecule has 1 aromatic carbocycles. The van der Waals surface area contributed by atoms with Crippen LogP contribution >= 0.6 is 0 Å². The maximum absolute atomic E-state index is 12.7. The zero-order valence-corrected chi connectivity index (χ0v) is 14.6. The lowest BCUT2D eigenvalue weighted by Crippen LogP contribution is -2.51. The standard InChI is InChI=1S/C15H21N3O6S/c19-18(20)13-2-1-3-15(10-13)25(21,22)17-7-5-16(6-8-17)11-14-4-9-23-12-24-14/h1-3,10,14H,4-9,11-12H2/t14-/m0/s1. The Hall–Kier alpha value is -1.59. The summed E-state index contributed by atoms with van der Waals surface area (Å²) in [7, 11) is -3.72. The van der Waals surface area contributed by atoms with E-state index in [2.05, 4.69) is 4.90 Å². The highest BCUT2D eigenvalue weighted by Gasteiger charge is 2.30. The van der Waals surface area contributed by atoms with E-state index in [-0.39, 0.29) is 16.7 Å². The van der Waals surface area contributed by atoms with Crippen LogP contribution in [0.2, 0.25) is 0 Å². The molecule has 0 radical (unpaired) electrons. The predicted molar refractivity (Wildman–Crippen MR) is 88.6 cm³/mol. The van der Waals surface area contributed by atoms with Gasteiger partial charge in [-0.15, -0.1) is 0 Å². The highest BCUT2D eigenvalue weighted by molar-refractivity contribution is 7.89. The summed E-state index contributed by atoms with van der Waals surface area (Å²) in [5.74, 6) is 0. The van der Waals surface area contributed by atoms with Crippen molar-refractivity contribution in [3.8, 4) is 0 Å². The largest absolute Gasteiger partial charge is 0.355 e. The number of rotatable bonds is 5. The molecule has 2 aliphatic rings. The maximum atomic E-state index is 12.7. The molecule has 1 aromatic rings. The van der Waals surface area contributed by atoms with Crippen molar-refractivity contribution < 1.29 is 22.8 Å². The molecule has 2 saturated heterocycles. The van der Waals surface area contributed by atoms with E-state index >= 15 is 0 Å². The van der Waals surface area contributed by atoms with E-state index < -0.39 is 14.9 Å². The molecule has 2 aliphatic heterocycles. The minimum Gasteiger partial charge on any atom is -0.355 e. The zero-order valence-electron chi connectivity index (χ0n) is 13.7. The van der Waals surface area contributed by atoms with Crippen LogP contribution in [0, 0.1) is 10.1 Å². The SMILES string of the molecule is O=[N+]([O-])c1cccc(S(=O)(=O)N2CCN(C[C@@H]3CCOCO3)CC2)c1. The summed E-state index contributed by atoms with van der Waals surface area (Å²) in [5.41, 5.74) is -0.226. The van der Waals surface area contributed by atoms with Crippen molar-refractivity contribution in [3.05, 3.63) is 34.4 Å². The van der Waals surface area contributed by atoms with Crippen molar-refractivity contribution in [1.29, 1.82) is 0 Å². The molecule has 0 saturated carbocycles. The fraction of sp³-hybridized carbons (Fsp3) is 0.600. The Kier molecular flexibility index (Phi) is 5.64. The fourth-order valence-corrected chi connectivity index (χ4v) is 4.45. The average molecular weight is 371 g/mol. The Labute approximate surface area is 146 Å². The number of piperazine rings is 1. The van der Waals surface area contributed by atoms with Gasteiger partial charge in [0.1, 0.15) is 6.79 Å². The quantitative estimate of drug-likeness (QED) is 0.553. The third kappa shape index (κ3) is 4.33. The number of hydrogen-bond acceptors (Lipinski definition) is 7. The van der Waals surface area contributed by atoms with E-state index in [9.17, 15) is 18.5 Å². The summed E-state index contributed by atoms with van der Waals surface area (Å²) in [6, 6.07) is 5.18. The van der Waals surface area contributed by atoms with Crippen molar-refractivity contribution in [2.24, 2.45) is 0 Å². The van der Waals surface area contributed by atoms with Crippen molar-refractivity contribution in [3.63, 3.8) is 0 Å². The van der Waals surface area contributed by atoms with Crippen molar-refractivity contribution >= 4 is 15.7 Å². The Morgan fingerprint density at radius 1 is 1.24 bits per heavy atom. The van der Waals surface area contributed by atoms with Crippen LogP contribution in [0.25, 0.3) is 0 Å². The second kappa shape index (κ2) is 7.75. The molecule has 0 spiro atoms. The van der Waals surface area contributed by atoms with Gasteiger partial charge in [0.05, 0.1) is 22.5 Å². The fourth-order valence-electron chi connectivity index (χ4n) is 2.99. The molecule has 138 valence electrons. The summed E-state index contributed by atoms with van der Waals surface area (Å²) in [5, 5.41) is 10.9. The number of benzene rings is 1. The van der Waals surface area contributed by atoms with Crippen molar-refractivity contribution in [2.75, 3.05) is 46.1 Å². The van der Waals surface area contributed by atoms with Gasteiger partial charge in [-0.3, -0.25) is 15.0 Å². The van der Waals surface area contributed by atoms with Gasteiger partial charge < -0.3 is 9.47 Å². The lowest BCUT2D eigenvalue weighted by molar-refractivity contribution is -0.385. The second-order valence-corrected chi connectivity index (χ2v) is 8.00. The van der Waals surface area contributed by atoms with Crippen molar-refractivity contribution in [1.82, 2.24) is 9.21 Å². The van der Waals surface area contributed by atoms with E-state index in [0.29, 0.717) is 39.6 Å². The van der Waals surface area contributed by atoms with Gasteiger partial charge in [0.15, 0.2) is 0 Å². The number of nitro groups is 1. The first kappa shape index (κ1) is 18.2. The third-order valence-corrected chi connectivity index (χ3v) is 6.33. The first-order chi connectivity index (χ1) is 12.0. The summed E-state index contributed by atoms with van der Waals surface area (Å²) >= 11 is 0. The van der Waals surface area contributed by atoms with Gasteiger partial charge in [0.25, 0.3) is 5.69 Å². The van der Waals surface area contributed by atoms with E-state index in [0.717, 1.165) is 19.0 Å². The number of hydrogen-bond donors (Lipinski definition) is 0. The minimum absolute atomic E-state index is 0.0390. The van der Waals surface area contributed by atoms with Gasteiger partial charge in [0, 0.05) is 44.9 Å². The van der Waals surface area contributed by atoms with Gasteiger partial charge in [-0.1, -0.05) is 6.07 Å². The first-order valence-corrected chi connectivity index (χ1v) is 9.57. The van der Waals surface area contributed by atoms with Gasteiger partial charge in [0.2, 0.25) is 10.0 Å². The molecule has 9 nitrogen and oxygen atoms in total. The summed E-state index contributed by atoms with van der Waals surface area (Å²) in [6.45, 7) is 3.68. The first-order valence-electron chi connectivity index (χ1n) is 8.13. The summed E-state index contributed by atoms with van der Waals surface area (Å²) in [4.78, 5) is 12.4. The van der Waals surface area contributed by atoms with Gasteiger partial charge in [-0.25, -0.2) is 8.42 Å². The molecule has 0 unspecified atom stereocenters. The van der Waals surface area contributed by atoms with E-state index in [1.54, 1.807) is 0 Å². The molecule has 25 heavy (non-hydrogen) atoms. The number of nitrogens with zero attached hydrogens (tertiary/aromatic N) is 3. The van der Waals surface area contributed by atoms with E-state index in [4.69, 9.17) is 9.47 Å². The Balaban J connectivity index is 1.61. The van der Waals surface area contributed by atoms with Crippen LogP contribution < -0.4 is 0 Å². The molecule has 2 fully saturated rings. The Bertz CT molecular complexity index is 712. The Morgan fingerprint density at radius 3 is 2.64 bits per heavy atom. The van der Waals surface area contributed by atoms with Crippen LogP contribution in [-0.4, -0.2) is 74.8 Å². The molecule has 0 aromatic heterocycles. The number of nitro benzene ring substituents is 1. The number of sulfonamides is 1. The van der Waals surface area contributed by atoms with Gasteiger partial charge >= 0.3 is 0 Å². The third-order valence-electron chi connectivity index (χ3n) is 4.43. The maximum Gasteiger partial charge on any atom is 0.270 e. The highest BCUT2D eigenvalue weighted by atomic mass is 32.2. The van der Waals surface area contributed by atoms with Crippen molar-refractivity contribution in [2.45, 2.75) is 17.4 Å². The molecule has 1 atom stereocenters. The van der Waals surface area contributed by atoms with Crippen LogP contribution in [-0.2, 0) is 19.5 Å². The smallest absolute Gasteiger partial charge is 0.270 e. The van der Waals surface area contributed by atoms with Crippen LogP contribution in [0.15, 0.2) is 29.2 Å². The number of non-ortho nitro benzene ring substituents is 1. The normalized spacial score (nSPS) is 23.4. The summed E-state index contributed by atoms with van der Waals surface area (Å²) < 4.78 is 37.5. The molecule has 2 heterocycles. The van der Waals surface area contributed by atoms with Crippen LogP contribution in [0.4, 0.5) is 5.69 Å². The highest BCUT2D eigenvalue weighted by Crippen LogP contribution is 2.22. The Morgan fingerprint density at radius 2 is 2.00 bits per heavy atom. The molecule has 0 N–H and O–H groups in total. The lowest BCUT2D eigenvalue weighted by Gasteiger charge is -2.36. The van der Waals surface area contributed by atoms with E-state index in [1.165, 1.54) is 22.5 Å². The molecule has 0 bridgehead atoms.